The molecule has 1 aromatic carbocycles. The topological polar surface area (TPSA) is 94.4 Å². The predicted molar refractivity (Wildman–Crippen MR) is 84.3 cm³/mol. The van der Waals surface area contributed by atoms with E-state index in [-0.39, 0.29) is 11.3 Å². The molecular formula is C16H21N3O3. The van der Waals surface area contributed by atoms with E-state index in [1.165, 1.54) is 6.20 Å². The van der Waals surface area contributed by atoms with Crippen LogP contribution in [0.4, 0.5) is 5.69 Å². The number of aromatic hydroxyl groups is 1. The fourth-order valence-electron chi connectivity index (χ4n) is 1.68. The second-order valence-corrected chi connectivity index (χ2v) is 4.64. The van der Waals surface area contributed by atoms with Gasteiger partial charge in [0.15, 0.2) is 0 Å². The Morgan fingerprint density at radius 2 is 2.27 bits per heavy atom. The van der Waals surface area contributed by atoms with Crippen molar-refractivity contribution in [3.05, 3.63) is 35.5 Å². The first-order valence-corrected chi connectivity index (χ1v) is 7.10. The van der Waals surface area contributed by atoms with E-state index < -0.39 is 5.91 Å². The van der Waals surface area contributed by atoms with Crippen LogP contribution in [0.3, 0.4) is 0 Å². The molecule has 3 N–H and O–H groups in total. The number of nitriles is 1. The Hall–Kier alpha value is -2.52. The summed E-state index contributed by atoms with van der Waals surface area (Å²) >= 11 is 0. The molecule has 0 bridgehead atoms. The molecule has 0 aliphatic rings. The number of rotatable bonds is 8. The van der Waals surface area contributed by atoms with Gasteiger partial charge in [-0.2, -0.15) is 5.26 Å². The normalized spacial score (nSPS) is 10.9. The van der Waals surface area contributed by atoms with Crippen molar-refractivity contribution in [2.24, 2.45) is 0 Å². The molecule has 6 nitrogen and oxygen atoms in total. The van der Waals surface area contributed by atoms with Gasteiger partial charge >= 0.3 is 0 Å². The third-order valence-electron chi connectivity index (χ3n) is 2.84. The first kappa shape index (κ1) is 17.5. The lowest BCUT2D eigenvalue weighted by molar-refractivity contribution is -0.117. The molecule has 0 atom stereocenters. The number of phenolic OH excluding ortho intramolecular Hbond substituents is 1. The summed E-state index contributed by atoms with van der Waals surface area (Å²) in [6.07, 6.45) is 1.97. The number of hydrogen-bond acceptors (Lipinski definition) is 5. The molecule has 0 fully saturated rings. The highest BCUT2D eigenvalue weighted by molar-refractivity contribution is 5.97. The summed E-state index contributed by atoms with van der Waals surface area (Å²) in [5.74, 6) is -0.407. The van der Waals surface area contributed by atoms with Crippen molar-refractivity contribution < 1.29 is 14.6 Å². The highest BCUT2D eigenvalue weighted by Gasteiger charge is 2.08. The first-order chi connectivity index (χ1) is 10.6. The van der Waals surface area contributed by atoms with Crippen molar-refractivity contribution in [2.45, 2.75) is 20.3 Å². The zero-order valence-corrected chi connectivity index (χ0v) is 12.8. The van der Waals surface area contributed by atoms with Crippen molar-refractivity contribution in [1.29, 1.82) is 5.26 Å². The lowest BCUT2D eigenvalue weighted by atomic mass is 10.2. The number of ether oxygens (including phenoxy) is 1. The minimum absolute atomic E-state index is 0.0521. The smallest absolute Gasteiger partial charge is 0.263 e. The molecule has 0 unspecified atom stereocenters. The summed E-state index contributed by atoms with van der Waals surface area (Å²) < 4.78 is 5.16. The summed E-state index contributed by atoms with van der Waals surface area (Å²) in [5.41, 5.74) is 1.33. The first-order valence-electron chi connectivity index (χ1n) is 7.10. The van der Waals surface area contributed by atoms with Gasteiger partial charge < -0.3 is 20.5 Å². The quantitative estimate of drug-likeness (QED) is 0.296. The van der Waals surface area contributed by atoms with Gasteiger partial charge in [0.05, 0.1) is 5.69 Å². The van der Waals surface area contributed by atoms with Crippen LogP contribution in [-0.2, 0) is 9.53 Å². The number of carbonyl (C=O) groups excluding carboxylic acids is 1. The van der Waals surface area contributed by atoms with Crippen molar-refractivity contribution in [3.8, 4) is 11.8 Å². The molecule has 0 saturated carbocycles. The second kappa shape index (κ2) is 9.42. The third kappa shape index (κ3) is 5.85. The van der Waals surface area contributed by atoms with Crippen LogP contribution >= 0.6 is 0 Å². The van der Waals surface area contributed by atoms with Crippen LogP contribution in [0.1, 0.15) is 18.9 Å². The van der Waals surface area contributed by atoms with Gasteiger partial charge in [0, 0.05) is 26.0 Å². The van der Waals surface area contributed by atoms with Crippen LogP contribution in [0.2, 0.25) is 0 Å². The van der Waals surface area contributed by atoms with Gasteiger partial charge in [-0.1, -0.05) is 6.07 Å². The van der Waals surface area contributed by atoms with E-state index in [1.54, 1.807) is 18.2 Å². The summed E-state index contributed by atoms with van der Waals surface area (Å²) in [6.45, 7) is 5.43. The highest BCUT2D eigenvalue weighted by atomic mass is 16.5. The second-order valence-electron chi connectivity index (χ2n) is 4.64. The molecular weight excluding hydrogens is 282 g/mol. The van der Waals surface area contributed by atoms with Gasteiger partial charge in [-0.3, -0.25) is 4.79 Å². The van der Waals surface area contributed by atoms with Crippen LogP contribution in [-0.4, -0.2) is 30.8 Å². The average Bonchev–Trinajstić information content (AvgIpc) is 2.51. The zero-order chi connectivity index (χ0) is 16.4. The van der Waals surface area contributed by atoms with E-state index in [9.17, 15) is 9.90 Å². The van der Waals surface area contributed by atoms with Gasteiger partial charge in [0.1, 0.15) is 17.4 Å². The maximum atomic E-state index is 11.8. The van der Waals surface area contributed by atoms with Crippen molar-refractivity contribution in [2.75, 3.05) is 25.1 Å². The number of nitrogens with zero attached hydrogens (tertiary/aromatic N) is 1. The largest absolute Gasteiger partial charge is 0.506 e. The number of anilines is 1. The van der Waals surface area contributed by atoms with Crippen molar-refractivity contribution in [1.82, 2.24) is 5.32 Å². The lowest BCUT2D eigenvalue weighted by Gasteiger charge is -2.07. The average molecular weight is 303 g/mol. The molecule has 0 spiro atoms. The standard InChI is InChI=1S/C16H21N3O3/c1-3-22-8-4-7-18-16(21)13(10-17)11-19-14-9-12(2)5-6-15(14)20/h5-6,9,11,19-20H,3-4,7-8H2,1-2H3,(H,18,21)/b13-11-. The minimum atomic E-state index is -0.460. The molecule has 0 heterocycles. The minimum Gasteiger partial charge on any atom is -0.506 e. The number of aryl methyl sites for hydroxylation is 1. The lowest BCUT2D eigenvalue weighted by Crippen LogP contribution is -2.26. The Morgan fingerprint density at radius 1 is 1.50 bits per heavy atom. The maximum Gasteiger partial charge on any atom is 0.263 e. The Kier molecular flexibility index (Phi) is 7.51. The Balaban J connectivity index is 2.57. The van der Waals surface area contributed by atoms with E-state index in [4.69, 9.17) is 10.00 Å². The number of amides is 1. The van der Waals surface area contributed by atoms with Gasteiger partial charge in [0.25, 0.3) is 5.91 Å². The summed E-state index contributed by atoms with van der Waals surface area (Å²) in [4.78, 5) is 11.8. The van der Waals surface area contributed by atoms with Gasteiger partial charge in [0.2, 0.25) is 0 Å². The molecule has 0 aliphatic carbocycles. The number of benzene rings is 1. The van der Waals surface area contributed by atoms with E-state index in [1.807, 2.05) is 19.9 Å². The SMILES string of the molecule is CCOCCCNC(=O)/C(C#N)=C\Nc1cc(C)ccc1O. The molecule has 0 aliphatic heterocycles. The fourth-order valence-corrected chi connectivity index (χ4v) is 1.68. The van der Waals surface area contributed by atoms with Crippen LogP contribution in [0, 0.1) is 18.3 Å². The van der Waals surface area contributed by atoms with E-state index in [2.05, 4.69) is 10.6 Å². The van der Waals surface area contributed by atoms with E-state index in [0.717, 1.165) is 5.56 Å². The van der Waals surface area contributed by atoms with Gasteiger partial charge in [-0.15, -0.1) is 0 Å². The van der Waals surface area contributed by atoms with Crippen molar-refractivity contribution >= 4 is 11.6 Å². The summed E-state index contributed by atoms with van der Waals surface area (Å²) in [5, 5.41) is 24.1. The van der Waals surface area contributed by atoms with Gasteiger partial charge in [-0.25, -0.2) is 0 Å². The van der Waals surface area contributed by atoms with Crippen LogP contribution in [0.25, 0.3) is 0 Å². The van der Waals surface area contributed by atoms with Crippen LogP contribution in [0.15, 0.2) is 30.0 Å². The predicted octanol–water partition coefficient (Wildman–Crippen LogP) is 2.06. The fraction of sp³-hybridized carbons (Fsp3) is 0.375. The van der Waals surface area contributed by atoms with E-state index in [0.29, 0.717) is 31.9 Å². The van der Waals surface area contributed by atoms with Gasteiger partial charge in [-0.05, 0) is 38.0 Å². The third-order valence-corrected chi connectivity index (χ3v) is 2.84. The molecule has 1 rings (SSSR count). The zero-order valence-electron chi connectivity index (χ0n) is 12.8. The highest BCUT2D eigenvalue weighted by Crippen LogP contribution is 2.23. The molecule has 1 aromatic rings. The number of carbonyl (C=O) groups is 1. The number of hydrogen-bond donors (Lipinski definition) is 3. The molecule has 0 aromatic heterocycles. The van der Waals surface area contributed by atoms with Crippen LogP contribution in [0.5, 0.6) is 5.75 Å². The van der Waals surface area contributed by atoms with Crippen LogP contribution < -0.4 is 10.6 Å². The Labute approximate surface area is 130 Å². The monoisotopic (exact) mass is 303 g/mol. The summed E-state index contributed by atoms with van der Waals surface area (Å²) in [7, 11) is 0. The number of phenols is 1. The summed E-state index contributed by atoms with van der Waals surface area (Å²) in [6, 6.07) is 6.87. The van der Waals surface area contributed by atoms with Crippen molar-refractivity contribution in [3.63, 3.8) is 0 Å². The molecule has 0 radical (unpaired) electrons. The molecule has 22 heavy (non-hydrogen) atoms. The Bertz CT molecular complexity index is 576. The molecule has 6 heteroatoms. The maximum absolute atomic E-state index is 11.8. The molecule has 118 valence electrons. The van der Waals surface area contributed by atoms with E-state index >= 15 is 0 Å². The Morgan fingerprint density at radius 3 is 2.95 bits per heavy atom. The molecule has 1 amide bonds. The molecule has 0 saturated heterocycles. The number of nitrogens with one attached hydrogen (secondary N) is 2.